The third kappa shape index (κ3) is 3.42. The van der Waals surface area contributed by atoms with E-state index in [0.29, 0.717) is 18.6 Å². The van der Waals surface area contributed by atoms with Crippen LogP contribution in [0.15, 0.2) is 29.2 Å². The Labute approximate surface area is 124 Å². The number of carbonyl (C=O) groups is 1. The number of hydrogen-bond donors (Lipinski definition) is 1. The normalized spacial score (nSPS) is 22.6. The fraction of sp³-hybridized carbons (Fsp3) is 0.500. The number of carboxylic acids is 1. The molecule has 21 heavy (non-hydrogen) atoms. The van der Waals surface area contributed by atoms with Crippen LogP contribution in [0.3, 0.4) is 0 Å². The highest BCUT2D eigenvalue weighted by molar-refractivity contribution is 7.89. The zero-order valence-electron chi connectivity index (χ0n) is 12.0. The lowest BCUT2D eigenvalue weighted by atomic mass is 10.2. The molecule has 0 amide bonds. The third-order valence-corrected chi connectivity index (χ3v) is 5.66. The predicted molar refractivity (Wildman–Crippen MR) is 76.5 cm³/mol. The first kappa shape index (κ1) is 15.9. The van der Waals surface area contributed by atoms with E-state index >= 15 is 0 Å². The lowest BCUT2D eigenvalue weighted by Gasteiger charge is -2.26. The Bertz CT molecular complexity index is 611. The second-order valence-electron chi connectivity index (χ2n) is 5.17. The largest absolute Gasteiger partial charge is 0.481 e. The number of benzene rings is 1. The number of aliphatic carboxylic acids is 1. The molecule has 1 aliphatic rings. The average molecular weight is 313 g/mol. The van der Waals surface area contributed by atoms with Crippen molar-refractivity contribution in [1.82, 2.24) is 4.31 Å². The van der Waals surface area contributed by atoms with E-state index in [1.165, 1.54) is 28.6 Å². The van der Waals surface area contributed by atoms with Crippen molar-refractivity contribution in [2.45, 2.75) is 36.8 Å². The number of ether oxygens (including phenoxy) is 1. The summed E-state index contributed by atoms with van der Waals surface area (Å²) in [6.07, 6.45) is 0.425. The molecule has 116 valence electrons. The minimum Gasteiger partial charge on any atom is -0.481 e. The minimum absolute atomic E-state index is 0.121. The van der Waals surface area contributed by atoms with Crippen LogP contribution in [0, 0.1) is 0 Å². The summed E-state index contributed by atoms with van der Waals surface area (Å²) in [6, 6.07) is 5.79. The van der Waals surface area contributed by atoms with Crippen molar-refractivity contribution < 1.29 is 23.1 Å². The Kier molecular flexibility index (Phi) is 4.65. The summed E-state index contributed by atoms with van der Waals surface area (Å²) in [5, 5.41) is 8.72. The number of sulfonamides is 1. The molecule has 0 aliphatic carbocycles. The molecule has 2 atom stereocenters. The molecule has 0 bridgehead atoms. The number of hydrogen-bond acceptors (Lipinski definition) is 4. The lowest BCUT2D eigenvalue weighted by molar-refractivity contribution is -0.136. The molecule has 0 spiro atoms. The summed E-state index contributed by atoms with van der Waals surface area (Å²) in [5.41, 5.74) is 0.571. The van der Waals surface area contributed by atoms with Gasteiger partial charge >= 0.3 is 5.97 Å². The molecular weight excluding hydrogens is 294 g/mol. The van der Waals surface area contributed by atoms with Crippen LogP contribution in [0.5, 0.6) is 0 Å². The number of rotatable bonds is 5. The molecular formula is C14H19NO5S. The highest BCUT2D eigenvalue weighted by Gasteiger charge is 2.35. The van der Waals surface area contributed by atoms with Gasteiger partial charge in [0.15, 0.2) is 0 Å². The molecule has 2 rings (SSSR count). The number of carboxylic acid groups (broad SMARTS) is 1. The van der Waals surface area contributed by atoms with Crippen molar-refractivity contribution in [3.8, 4) is 0 Å². The third-order valence-electron chi connectivity index (χ3n) is 3.76. The van der Waals surface area contributed by atoms with Gasteiger partial charge in [0.2, 0.25) is 10.0 Å². The second-order valence-corrected chi connectivity index (χ2v) is 7.17. The molecule has 6 nitrogen and oxygen atoms in total. The van der Waals surface area contributed by atoms with Gasteiger partial charge in [-0.05, 0) is 31.0 Å². The van der Waals surface area contributed by atoms with Crippen molar-refractivity contribution >= 4 is 16.0 Å². The minimum atomic E-state index is -3.59. The van der Waals surface area contributed by atoms with Crippen molar-refractivity contribution in [3.63, 3.8) is 0 Å². The van der Waals surface area contributed by atoms with Crippen LogP contribution in [-0.4, -0.2) is 49.6 Å². The van der Waals surface area contributed by atoms with E-state index in [0.717, 1.165) is 0 Å². The summed E-state index contributed by atoms with van der Waals surface area (Å²) >= 11 is 0. The molecule has 1 aromatic rings. The maximum atomic E-state index is 12.6. The SMILES string of the molecule is CC1OCCC1N(C)S(=O)(=O)c1ccc(CC(=O)O)cc1. The van der Waals surface area contributed by atoms with Crippen LogP contribution in [0.25, 0.3) is 0 Å². The van der Waals surface area contributed by atoms with Gasteiger partial charge in [0.25, 0.3) is 0 Å². The maximum Gasteiger partial charge on any atom is 0.307 e. The van der Waals surface area contributed by atoms with Gasteiger partial charge in [0.1, 0.15) is 0 Å². The fourth-order valence-electron chi connectivity index (χ4n) is 2.50. The van der Waals surface area contributed by atoms with Crippen LogP contribution in [0.1, 0.15) is 18.9 Å². The molecule has 2 unspecified atom stereocenters. The van der Waals surface area contributed by atoms with Gasteiger partial charge in [-0.25, -0.2) is 8.42 Å². The van der Waals surface area contributed by atoms with Crippen LogP contribution in [0.2, 0.25) is 0 Å². The van der Waals surface area contributed by atoms with E-state index < -0.39 is 16.0 Å². The van der Waals surface area contributed by atoms with Crippen molar-refractivity contribution in [2.24, 2.45) is 0 Å². The summed E-state index contributed by atoms with van der Waals surface area (Å²) in [6.45, 7) is 2.42. The van der Waals surface area contributed by atoms with Crippen LogP contribution in [0.4, 0.5) is 0 Å². The number of likely N-dealkylation sites (N-methyl/N-ethyl adjacent to an activating group) is 1. The van der Waals surface area contributed by atoms with Gasteiger partial charge in [-0.1, -0.05) is 12.1 Å². The van der Waals surface area contributed by atoms with Crippen molar-refractivity contribution in [2.75, 3.05) is 13.7 Å². The number of nitrogens with zero attached hydrogens (tertiary/aromatic N) is 1. The molecule has 7 heteroatoms. The van der Waals surface area contributed by atoms with Crippen molar-refractivity contribution in [3.05, 3.63) is 29.8 Å². The summed E-state index contributed by atoms with van der Waals surface area (Å²) < 4.78 is 31.9. The first-order valence-electron chi connectivity index (χ1n) is 6.72. The summed E-state index contributed by atoms with van der Waals surface area (Å²) in [5.74, 6) is -0.945. The highest BCUT2D eigenvalue weighted by Crippen LogP contribution is 2.24. The Hall–Kier alpha value is -1.44. The first-order chi connectivity index (χ1) is 9.82. The van der Waals surface area contributed by atoms with E-state index in [9.17, 15) is 13.2 Å². The van der Waals surface area contributed by atoms with Crippen LogP contribution >= 0.6 is 0 Å². The van der Waals surface area contributed by atoms with Gasteiger partial charge in [-0.2, -0.15) is 4.31 Å². The van der Waals surface area contributed by atoms with Crippen LogP contribution in [-0.2, 0) is 26.0 Å². The quantitative estimate of drug-likeness (QED) is 0.880. The van der Waals surface area contributed by atoms with E-state index in [2.05, 4.69) is 0 Å². The Morgan fingerprint density at radius 1 is 1.38 bits per heavy atom. The average Bonchev–Trinajstić information content (AvgIpc) is 2.84. The van der Waals surface area contributed by atoms with Gasteiger partial charge < -0.3 is 9.84 Å². The topological polar surface area (TPSA) is 83.9 Å². The Morgan fingerprint density at radius 3 is 2.48 bits per heavy atom. The molecule has 1 aromatic carbocycles. The second kappa shape index (κ2) is 6.13. The lowest BCUT2D eigenvalue weighted by Crippen LogP contribution is -2.40. The highest BCUT2D eigenvalue weighted by atomic mass is 32.2. The fourth-order valence-corrected chi connectivity index (χ4v) is 3.94. The van der Waals surface area contributed by atoms with Gasteiger partial charge in [-0.3, -0.25) is 4.79 Å². The summed E-state index contributed by atoms with van der Waals surface area (Å²) in [7, 11) is -2.04. The first-order valence-corrected chi connectivity index (χ1v) is 8.17. The monoisotopic (exact) mass is 313 g/mol. The van der Waals surface area contributed by atoms with Crippen LogP contribution < -0.4 is 0 Å². The Balaban J connectivity index is 2.20. The molecule has 1 N–H and O–H groups in total. The van der Waals surface area contributed by atoms with Crippen molar-refractivity contribution in [1.29, 1.82) is 0 Å². The van der Waals surface area contributed by atoms with E-state index in [1.807, 2.05) is 6.92 Å². The molecule has 1 aliphatic heterocycles. The predicted octanol–water partition coefficient (Wildman–Crippen LogP) is 1.11. The molecule has 1 saturated heterocycles. The zero-order chi connectivity index (χ0) is 15.6. The Morgan fingerprint density at radius 2 is 2.00 bits per heavy atom. The molecule has 0 saturated carbocycles. The maximum absolute atomic E-state index is 12.6. The van der Waals surface area contributed by atoms with E-state index in [1.54, 1.807) is 7.05 Å². The molecule has 1 heterocycles. The van der Waals surface area contributed by atoms with Gasteiger partial charge in [0.05, 0.1) is 23.5 Å². The zero-order valence-corrected chi connectivity index (χ0v) is 12.8. The van der Waals surface area contributed by atoms with E-state index in [4.69, 9.17) is 9.84 Å². The molecule has 0 aromatic heterocycles. The smallest absolute Gasteiger partial charge is 0.307 e. The standard InChI is InChI=1S/C14H19NO5S/c1-10-13(7-8-20-10)15(2)21(18,19)12-5-3-11(4-6-12)9-14(16)17/h3-6,10,13H,7-9H2,1-2H3,(H,16,17). The molecule has 0 radical (unpaired) electrons. The van der Waals surface area contributed by atoms with E-state index in [-0.39, 0.29) is 23.5 Å². The van der Waals surface area contributed by atoms with Gasteiger partial charge in [-0.15, -0.1) is 0 Å². The summed E-state index contributed by atoms with van der Waals surface area (Å²) in [4.78, 5) is 10.8. The van der Waals surface area contributed by atoms with Gasteiger partial charge in [0, 0.05) is 13.7 Å². The molecule has 1 fully saturated rings.